The van der Waals surface area contributed by atoms with Gasteiger partial charge in [-0.15, -0.1) is 0 Å². The summed E-state index contributed by atoms with van der Waals surface area (Å²) in [5, 5.41) is 0. The van der Waals surface area contributed by atoms with Crippen LogP contribution in [-0.4, -0.2) is 31.2 Å². The molecule has 0 amide bonds. The van der Waals surface area contributed by atoms with E-state index >= 15 is 0 Å². The van der Waals surface area contributed by atoms with Crippen LogP contribution in [-0.2, 0) is 4.74 Å². The average Bonchev–Trinajstić information content (AvgIpc) is 2.29. The lowest BCUT2D eigenvalue weighted by atomic mass is 9.73. The number of benzene rings is 1. The Hall–Kier alpha value is -0.860. The Kier molecular flexibility index (Phi) is 2.49. The highest BCUT2D eigenvalue weighted by molar-refractivity contribution is 5.39. The number of rotatable bonds is 2. The third-order valence-electron chi connectivity index (χ3n) is 3.99. The highest BCUT2D eigenvalue weighted by atomic mass is 16.5. The van der Waals surface area contributed by atoms with Crippen LogP contribution in [0.5, 0.6) is 0 Å². The van der Waals surface area contributed by atoms with Crippen molar-refractivity contribution in [3.8, 4) is 0 Å². The lowest BCUT2D eigenvalue weighted by Crippen LogP contribution is -2.48. The monoisotopic (exact) mass is 217 g/mol. The molecule has 0 unspecified atom stereocenters. The molecule has 3 aliphatic rings. The van der Waals surface area contributed by atoms with Gasteiger partial charge in [0.15, 0.2) is 0 Å². The molecule has 2 heterocycles. The normalized spacial score (nSPS) is 32.8. The molecule has 2 aliphatic heterocycles. The molecule has 0 aromatic heterocycles. The lowest BCUT2D eigenvalue weighted by Gasteiger charge is -2.49. The van der Waals surface area contributed by atoms with Crippen molar-refractivity contribution in [3.05, 3.63) is 35.4 Å². The Labute approximate surface area is 97.2 Å². The van der Waals surface area contributed by atoms with Crippen LogP contribution in [0.25, 0.3) is 0 Å². The van der Waals surface area contributed by atoms with Crippen LogP contribution in [0.1, 0.15) is 36.4 Å². The number of ether oxygens (including phenoxy) is 1. The van der Waals surface area contributed by atoms with Gasteiger partial charge in [0.1, 0.15) is 0 Å². The Morgan fingerprint density at radius 3 is 2.81 bits per heavy atom. The van der Waals surface area contributed by atoms with Crippen LogP contribution in [0.2, 0.25) is 0 Å². The fourth-order valence-electron chi connectivity index (χ4n) is 3.42. The fourth-order valence-corrected chi connectivity index (χ4v) is 3.42. The first kappa shape index (κ1) is 10.3. The second-order valence-electron chi connectivity index (χ2n) is 4.94. The highest BCUT2D eigenvalue weighted by Crippen LogP contribution is 2.46. The van der Waals surface area contributed by atoms with Gasteiger partial charge in [-0.3, -0.25) is 4.90 Å². The minimum Gasteiger partial charge on any atom is -0.376 e. The average molecular weight is 217 g/mol. The summed E-state index contributed by atoms with van der Waals surface area (Å²) in [5.74, 6) is 0.669. The van der Waals surface area contributed by atoms with E-state index in [1.165, 1.54) is 18.5 Å². The predicted molar refractivity (Wildman–Crippen MR) is 64.6 cm³/mol. The summed E-state index contributed by atoms with van der Waals surface area (Å²) >= 11 is 0. The zero-order valence-electron chi connectivity index (χ0n) is 10.0. The van der Waals surface area contributed by atoms with Crippen molar-refractivity contribution in [1.29, 1.82) is 0 Å². The van der Waals surface area contributed by atoms with Crippen molar-refractivity contribution in [1.82, 2.24) is 4.90 Å². The van der Waals surface area contributed by atoms with Crippen LogP contribution in [0.4, 0.5) is 0 Å². The van der Waals surface area contributed by atoms with Crippen molar-refractivity contribution in [2.75, 3.05) is 20.2 Å². The summed E-state index contributed by atoms with van der Waals surface area (Å²) in [4.78, 5) is 2.46. The third-order valence-corrected chi connectivity index (χ3v) is 3.99. The molecule has 0 saturated carbocycles. The van der Waals surface area contributed by atoms with E-state index < -0.39 is 0 Å². The van der Waals surface area contributed by atoms with Crippen molar-refractivity contribution in [2.45, 2.75) is 31.4 Å². The minimum atomic E-state index is 0.392. The molecule has 1 aromatic rings. The summed E-state index contributed by atoms with van der Waals surface area (Å²) < 4.78 is 5.90. The predicted octanol–water partition coefficient (Wildman–Crippen LogP) is 2.57. The van der Waals surface area contributed by atoms with Crippen LogP contribution in [0, 0.1) is 0 Å². The molecule has 0 N–H and O–H groups in total. The number of hydrogen-bond donors (Lipinski definition) is 0. The maximum atomic E-state index is 5.90. The molecule has 2 bridgehead atoms. The first-order chi connectivity index (χ1) is 7.81. The molecule has 1 aromatic carbocycles. The van der Waals surface area contributed by atoms with E-state index in [1.54, 1.807) is 5.56 Å². The zero-order valence-corrected chi connectivity index (χ0v) is 10.0. The minimum absolute atomic E-state index is 0.392. The quantitative estimate of drug-likeness (QED) is 0.755. The second-order valence-corrected chi connectivity index (χ2v) is 4.94. The number of likely N-dealkylation sites (N-methyl/N-ethyl adjacent to an activating group) is 1. The van der Waals surface area contributed by atoms with Gasteiger partial charge >= 0.3 is 0 Å². The van der Waals surface area contributed by atoms with Crippen LogP contribution < -0.4 is 0 Å². The Morgan fingerprint density at radius 1 is 1.31 bits per heavy atom. The maximum absolute atomic E-state index is 5.90. The van der Waals surface area contributed by atoms with E-state index in [-0.39, 0.29) is 0 Å². The molecular formula is C14H19NO. The first-order valence-corrected chi connectivity index (χ1v) is 6.22. The van der Waals surface area contributed by atoms with Gasteiger partial charge in [-0.25, -0.2) is 0 Å². The molecule has 1 saturated heterocycles. The van der Waals surface area contributed by atoms with E-state index in [1.807, 2.05) is 0 Å². The molecule has 2 heteroatoms. The summed E-state index contributed by atoms with van der Waals surface area (Å²) in [7, 11) is 2.22. The SMILES string of the molecule is CCO[C@@H]1C[C@H]2CN(C)[C@@H]1c1ccccc12. The lowest BCUT2D eigenvalue weighted by molar-refractivity contribution is -0.0479. The van der Waals surface area contributed by atoms with Gasteiger partial charge in [-0.2, -0.15) is 0 Å². The molecule has 2 nitrogen and oxygen atoms in total. The Balaban J connectivity index is 2.02. The van der Waals surface area contributed by atoms with E-state index in [4.69, 9.17) is 4.74 Å². The molecule has 1 aliphatic carbocycles. The van der Waals surface area contributed by atoms with Gasteiger partial charge in [-0.05, 0) is 37.4 Å². The Morgan fingerprint density at radius 2 is 2.06 bits per heavy atom. The first-order valence-electron chi connectivity index (χ1n) is 6.22. The van der Waals surface area contributed by atoms with Gasteiger partial charge in [-0.1, -0.05) is 24.3 Å². The van der Waals surface area contributed by atoms with Crippen LogP contribution >= 0.6 is 0 Å². The summed E-state index contributed by atoms with van der Waals surface area (Å²) in [5.41, 5.74) is 3.05. The van der Waals surface area contributed by atoms with Crippen LogP contribution in [0.3, 0.4) is 0 Å². The zero-order chi connectivity index (χ0) is 11.1. The van der Waals surface area contributed by atoms with E-state index in [9.17, 15) is 0 Å². The van der Waals surface area contributed by atoms with E-state index in [0.29, 0.717) is 18.1 Å². The van der Waals surface area contributed by atoms with Gasteiger partial charge in [0.25, 0.3) is 0 Å². The molecule has 0 radical (unpaired) electrons. The maximum Gasteiger partial charge on any atom is 0.0778 e. The van der Waals surface area contributed by atoms with Crippen molar-refractivity contribution in [2.24, 2.45) is 0 Å². The molecule has 86 valence electrons. The van der Waals surface area contributed by atoms with Gasteiger partial charge in [0.05, 0.1) is 12.1 Å². The largest absolute Gasteiger partial charge is 0.376 e. The molecule has 16 heavy (non-hydrogen) atoms. The van der Waals surface area contributed by atoms with E-state index in [2.05, 4.69) is 43.1 Å². The summed E-state index contributed by atoms with van der Waals surface area (Å²) in [6.07, 6.45) is 1.59. The van der Waals surface area contributed by atoms with Crippen molar-refractivity contribution in [3.63, 3.8) is 0 Å². The third kappa shape index (κ3) is 1.40. The molecule has 3 atom stereocenters. The van der Waals surface area contributed by atoms with Gasteiger partial charge in [0, 0.05) is 13.2 Å². The van der Waals surface area contributed by atoms with E-state index in [0.717, 1.165) is 6.61 Å². The van der Waals surface area contributed by atoms with Crippen LogP contribution in [0.15, 0.2) is 24.3 Å². The van der Waals surface area contributed by atoms with Gasteiger partial charge in [0.2, 0.25) is 0 Å². The smallest absolute Gasteiger partial charge is 0.0778 e. The molecular weight excluding hydrogens is 198 g/mol. The number of nitrogens with zero attached hydrogens (tertiary/aromatic N) is 1. The number of hydrogen-bond acceptors (Lipinski definition) is 2. The molecule has 4 rings (SSSR count). The molecule has 1 fully saturated rings. The highest BCUT2D eigenvalue weighted by Gasteiger charge is 2.42. The summed E-state index contributed by atoms with van der Waals surface area (Å²) in [6.45, 7) is 4.10. The van der Waals surface area contributed by atoms with Crippen molar-refractivity contribution >= 4 is 0 Å². The van der Waals surface area contributed by atoms with Gasteiger partial charge < -0.3 is 4.74 Å². The van der Waals surface area contributed by atoms with Crippen molar-refractivity contribution < 1.29 is 4.74 Å². The fraction of sp³-hybridized carbons (Fsp3) is 0.571. The summed E-state index contributed by atoms with van der Waals surface area (Å²) in [6, 6.07) is 9.35. The number of piperidine rings is 1. The second kappa shape index (κ2) is 3.86. The topological polar surface area (TPSA) is 12.5 Å². The Bertz CT molecular complexity index is 390. The number of fused-ring (bicyclic) bond motifs is 2. The molecule has 0 spiro atoms. The standard InChI is InChI=1S/C14H19NO/c1-3-16-13-8-10-9-15(2)14(13)12-7-5-4-6-11(10)12/h4-7,10,13-14H,3,8-9H2,1-2H3/t10-,13+,14+/m0/s1.